The second-order valence-electron chi connectivity index (χ2n) is 5.27. The molecule has 1 saturated heterocycles. The van der Waals surface area contributed by atoms with Gasteiger partial charge in [0.15, 0.2) is 0 Å². The molecule has 1 fully saturated rings. The van der Waals surface area contributed by atoms with Crippen molar-refractivity contribution in [2.24, 2.45) is 0 Å². The minimum atomic E-state index is -0.365. The van der Waals surface area contributed by atoms with Crippen LogP contribution in [0.25, 0.3) is 0 Å². The second kappa shape index (κ2) is 7.93. The molecule has 3 nitrogen and oxygen atoms in total. The number of halogens is 2. The number of benzene rings is 1. The van der Waals surface area contributed by atoms with Crippen LogP contribution in [0.2, 0.25) is 5.02 Å². The Morgan fingerprint density at radius 1 is 1.50 bits per heavy atom. The van der Waals surface area contributed by atoms with Crippen LogP contribution < -0.4 is 5.32 Å². The molecule has 1 aromatic carbocycles. The maximum Gasteiger partial charge on any atom is 0.141 e. The van der Waals surface area contributed by atoms with Crippen molar-refractivity contribution in [1.82, 2.24) is 10.2 Å². The van der Waals surface area contributed by atoms with Crippen molar-refractivity contribution in [2.45, 2.75) is 25.4 Å². The summed E-state index contributed by atoms with van der Waals surface area (Å²) in [5.74, 6) is -0.365. The molecule has 0 aliphatic carbocycles. The number of hydrogen-bond acceptors (Lipinski definition) is 3. The number of nitrogens with zero attached hydrogens (tertiary/aromatic N) is 1. The van der Waals surface area contributed by atoms with E-state index in [2.05, 4.69) is 10.2 Å². The molecule has 0 amide bonds. The lowest BCUT2D eigenvalue weighted by atomic mass is 10.1. The molecule has 1 aliphatic heterocycles. The molecule has 1 heterocycles. The van der Waals surface area contributed by atoms with Gasteiger partial charge in [-0.2, -0.15) is 0 Å². The average Bonchev–Trinajstić information content (AvgIpc) is 2.93. The summed E-state index contributed by atoms with van der Waals surface area (Å²) in [6, 6.07) is 5.48. The fourth-order valence-corrected chi connectivity index (χ4v) is 2.78. The number of rotatable bonds is 7. The summed E-state index contributed by atoms with van der Waals surface area (Å²) in [5, 5.41) is 3.69. The van der Waals surface area contributed by atoms with Crippen LogP contribution in [-0.4, -0.2) is 44.3 Å². The van der Waals surface area contributed by atoms with E-state index in [4.69, 9.17) is 16.3 Å². The summed E-state index contributed by atoms with van der Waals surface area (Å²) < 4.78 is 18.4. The molecular weight excluding hydrogens is 279 g/mol. The van der Waals surface area contributed by atoms with E-state index < -0.39 is 0 Å². The minimum absolute atomic E-state index is 0.188. The van der Waals surface area contributed by atoms with Gasteiger partial charge in [0.25, 0.3) is 0 Å². The van der Waals surface area contributed by atoms with Crippen molar-refractivity contribution in [3.05, 3.63) is 34.6 Å². The van der Waals surface area contributed by atoms with Crippen LogP contribution in [0.15, 0.2) is 18.2 Å². The molecule has 0 saturated carbocycles. The molecule has 112 valence electrons. The first-order valence-corrected chi connectivity index (χ1v) is 7.45. The molecule has 0 aromatic heterocycles. The van der Waals surface area contributed by atoms with Crippen LogP contribution in [0.1, 0.15) is 18.4 Å². The molecule has 1 unspecified atom stereocenters. The Labute approximate surface area is 125 Å². The van der Waals surface area contributed by atoms with Crippen LogP contribution in [0.3, 0.4) is 0 Å². The number of hydrogen-bond donors (Lipinski definition) is 1. The lowest BCUT2D eigenvalue weighted by molar-refractivity contribution is 0.138. The molecule has 20 heavy (non-hydrogen) atoms. The van der Waals surface area contributed by atoms with Gasteiger partial charge in [0, 0.05) is 32.8 Å². The Bertz CT molecular complexity index is 424. The summed E-state index contributed by atoms with van der Waals surface area (Å²) in [4.78, 5) is 2.33. The Morgan fingerprint density at radius 3 is 3.00 bits per heavy atom. The zero-order chi connectivity index (χ0) is 14.4. The van der Waals surface area contributed by atoms with E-state index >= 15 is 0 Å². The first kappa shape index (κ1) is 15.7. The number of ether oxygens (including phenoxy) is 1. The van der Waals surface area contributed by atoms with Crippen molar-refractivity contribution >= 4 is 11.6 Å². The van der Waals surface area contributed by atoms with Crippen LogP contribution in [0, 0.1) is 5.82 Å². The summed E-state index contributed by atoms with van der Waals surface area (Å²) in [6.45, 7) is 4.41. The average molecular weight is 301 g/mol. The van der Waals surface area contributed by atoms with Crippen molar-refractivity contribution in [3.8, 4) is 0 Å². The molecule has 0 spiro atoms. The first-order chi connectivity index (χ1) is 9.69. The van der Waals surface area contributed by atoms with E-state index in [9.17, 15) is 4.39 Å². The van der Waals surface area contributed by atoms with Crippen LogP contribution in [0.5, 0.6) is 0 Å². The lowest BCUT2D eigenvalue weighted by Crippen LogP contribution is -2.38. The molecule has 1 aromatic rings. The molecule has 0 bridgehead atoms. The zero-order valence-electron chi connectivity index (χ0n) is 11.9. The van der Waals surface area contributed by atoms with Gasteiger partial charge in [-0.15, -0.1) is 0 Å². The fraction of sp³-hybridized carbons (Fsp3) is 0.600. The van der Waals surface area contributed by atoms with E-state index in [0.717, 1.165) is 31.7 Å². The predicted octanol–water partition coefficient (Wildman–Crippen LogP) is 2.68. The normalized spacial score (nSPS) is 18.9. The van der Waals surface area contributed by atoms with Crippen LogP contribution >= 0.6 is 11.6 Å². The quantitative estimate of drug-likeness (QED) is 0.838. The second-order valence-corrected chi connectivity index (χ2v) is 5.68. The maximum atomic E-state index is 13.2. The fourth-order valence-electron chi connectivity index (χ4n) is 2.58. The third-order valence-corrected chi connectivity index (χ3v) is 3.93. The third-order valence-electron chi connectivity index (χ3n) is 3.64. The van der Waals surface area contributed by atoms with Crippen LogP contribution in [0.4, 0.5) is 4.39 Å². The monoisotopic (exact) mass is 300 g/mol. The van der Waals surface area contributed by atoms with Gasteiger partial charge >= 0.3 is 0 Å². The highest BCUT2D eigenvalue weighted by Crippen LogP contribution is 2.18. The minimum Gasteiger partial charge on any atom is -0.383 e. The summed E-state index contributed by atoms with van der Waals surface area (Å²) in [6.07, 6.45) is 2.46. The van der Waals surface area contributed by atoms with Crippen molar-refractivity contribution in [1.29, 1.82) is 0 Å². The highest BCUT2D eigenvalue weighted by Gasteiger charge is 2.18. The van der Waals surface area contributed by atoms with Gasteiger partial charge in [-0.1, -0.05) is 17.7 Å². The molecule has 5 heteroatoms. The molecule has 1 N–H and O–H groups in total. The maximum absolute atomic E-state index is 13.2. The van der Waals surface area contributed by atoms with Gasteiger partial charge in [0.1, 0.15) is 5.82 Å². The Balaban J connectivity index is 1.95. The van der Waals surface area contributed by atoms with E-state index in [1.165, 1.54) is 18.9 Å². The standard InChI is InChI=1S/C15H22ClFN2O/c1-20-8-7-19(11-13-3-2-6-18-13)10-12-4-5-15(17)14(16)9-12/h4-5,9,13,18H,2-3,6-8,10-11H2,1H3. The van der Waals surface area contributed by atoms with E-state index in [1.54, 1.807) is 19.2 Å². The predicted molar refractivity (Wildman–Crippen MR) is 79.6 cm³/mol. The summed E-state index contributed by atoms with van der Waals surface area (Å²) in [7, 11) is 1.71. The van der Waals surface area contributed by atoms with Gasteiger partial charge in [0.05, 0.1) is 11.6 Å². The van der Waals surface area contributed by atoms with Gasteiger partial charge in [-0.25, -0.2) is 4.39 Å². The number of methoxy groups -OCH3 is 1. The van der Waals surface area contributed by atoms with Gasteiger partial charge in [-0.3, -0.25) is 4.90 Å². The largest absolute Gasteiger partial charge is 0.383 e. The zero-order valence-corrected chi connectivity index (χ0v) is 12.6. The summed E-state index contributed by atoms with van der Waals surface area (Å²) >= 11 is 5.84. The molecular formula is C15H22ClFN2O. The number of nitrogens with one attached hydrogen (secondary N) is 1. The van der Waals surface area contributed by atoms with E-state index in [0.29, 0.717) is 12.6 Å². The Hall–Kier alpha value is -0.680. The highest BCUT2D eigenvalue weighted by molar-refractivity contribution is 6.30. The lowest BCUT2D eigenvalue weighted by Gasteiger charge is -2.25. The van der Waals surface area contributed by atoms with E-state index in [1.807, 2.05) is 0 Å². The van der Waals surface area contributed by atoms with Crippen molar-refractivity contribution in [3.63, 3.8) is 0 Å². The smallest absolute Gasteiger partial charge is 0.141 e. The third kappa shape index (κ3) is 4.70. The Kier molecular flexibility index (Phi) is 6.23. The molecule has 2 rings (SSSR count). The molecule has 1 aliphatic rings. The SMILES string of the molecule is COCCN(Cc1ccc(F)c(Cl)c1)CC1CCCN1. The highest BCUT2D eigenvalue weighted by atomic mass is 35.5. The first-order valence-electron chi connectivity index (χ1n) is 7.07. The van der Waals surface area contributed by atoms with Gasteiger partial charge in [0.2, 0.25) is 0 Å². The van der Waals surface area contributed by atoms with Gasteiger partial charge in [-0.05, 0) is 37.1 Å². The van der Waals surface area contributed by atoms with Crippen molar-refractivity contribution in [2.75, 3.05) is 33.4 Å². The van der Waals surface area contributed by atoms with E-state index in [-0.39, 0.29) is 10.8 Å². The van der Waals surface area contributed by atoms with Crippen molar-refractivity contribution < 1.29 is 9.13 Å². The van der Waals surface area contributed by atoms with Gasteiger partial charge < -0.3 is 10.1 Å². The molecule has 1 atom stereocenters. The summed E-state index contributed by atoms with van der Waals surface area (Å²) in [5.41, 5.74) is 1.03. The Morgan fingerprint density at radius 2 is 2.35 bits per heavy atom. The topological polar surface area (TPSA) is 24.5 Å². The molecule has 0 radical (unpaired) electrons. The van der Waals surface area contributed by atoms with Crippen LogP contribution in [-0.2, 0) is 11.3 Å².